The van der Waals surface area contributed by atoms with Crippen LogP contribution in [0.5, 0.6) is 0 Å². The van der Waals surface area contributed by atoms with Crippen LogP contribution in [0.2, 0.25) is 0 Å². The van der Waals surface area contributed by atoms with Crippen LogP contribution in [-0.2, 0) is 10.4 Å². The lowest BCUT2D eigenvalue weighted by Crippen LogP contribution is -2.11. The fourth-order valence-electron chi connectivity index (χ4n) is 0.902. The van der Waals surface area contributed by atoms with Crippen LogP contribution in [-0.4, -0.2) is 29.2 Å². The normalized spacial score (nSPS) is 12.5. The molecule has 0 saturated heterocycles. The zero-order valence-corrected chi connectivity index (χ0v) is 9.05. The van der Waals surface area contributed by atoms with E-state index in [0.29, 0.717) is 5.69 Å². The summed E-state index contributed by atoms with van der Waals surface area (Å²) in [5, 5.41) is 9.27. The largest absolute Gasteiger partial charge is 0.759 e. The first-order valence-electron chi connectivity index (χ1n) is 4.14. The second-order valence-electron chi connectivity index (χ2n) is 2.83. The maximum absolute atomic E-state index is 9.27. The zero-order valence-electron chi connectivity index (χ0n) is 8.24. The van der Waals surface area contributed by atoms with E-state index in [4.69, 9.17) is 29.0 Å². The van der Waals surface area contributed by atoms with E-state index in [1.807, 2.05) is 0 Å². The maximum atomic E-state index is 9.27. The number of nitrogen functional groups attached to an aromatic ring is 1. The number of anilines is 1. The first kappa shape index (κ1) is 14.8. The molecule has 5 N–H and O–H groups in total. The molecule has 0 aromatic heterocycles. The third-order valence-electron chi connectivity index (χ3n) is 1.52. The summed E-state index contributed by atoms with van der Waals surface area (Å²) in [5.41, 5.74) is 12.2. The molecule has 1 rings (SSSR count). The van der Waals surface area contributed by atoms with Gasteiger partial charge in [0.1, 0.15) is 0 Å². The minimum absolute atomic E-state index is 0.226. The van der Waals surface area contributed by atoms with E-state index in [-0.39, 0.29) is 6.54 Å². The number of hydrogen-bond donors (Lipinski definition) is 3. The van der Waals surface area contributed by atoms with Crippen molar-refractivity contribution in [2.75, 3.05) is 12.3 Å². The van der Waals surface area contributed by atoms with Gasteiger partial charge in [-0.05, 0) is 17.7 Å². The number of aliphatic hydroxyl groups is 1. The SMILES string of the molecule is NCC(O)c1cccc(N)c1.O=S(=O)([O-])[O-]. The van der Waals surface area contributed by atoms with Crippen molar-refractivity contribution >= 4 is 16.1 Å². The number of benzene rings is 1. The second-order valence-corrected chi connectivity index (χ2v) is 3.65. The molecule has 16 heavy (non-hydrogen) atoms. The van der Waals surface area contributed by atoms with E-state index in [9.17, 15) is 5.11 Å². The van der Waals surface area contributed by atoms with Crippen LogP contribution in [0.25, 0.3) is 0 Å². The van der Waals surface area contributed by atoms with Crippen LogP contribution in [0, 0.1) is 0 Å². The Hall–Kier alpha value is -1.19. The molecule has 0 bridgehead atoms. The van der Waals surface area contributed by atoms with Crippen molar-refractivity contribution in [2.45, 2.75) is 6.10 Å². The average Bonchev–Trinajstić information content (AvgIpc) is 2.14. The van der Waals surface area contributed by atoms with E-state index >= 15 is 0 Å². The highest BCUT2D eigenvalue weighted by Crippen LogP contribution is 2.13. The second kappa shape index (κ2) is 6.40. The van der Waals surface area contributed by atoms with E-state index in [2.05, 4.69) is 0 Å². The quantitative estimate of drug-likeness (QED) is 0.342. The van der Waals surface area contributed by atoms with Crippen molar-refractivity contribution in [1.29, 1.82) is 0 Å². The first-order valence-corrected chi connectivity index (χ1v) is 5.47. The molecule has 0 aliphatic heterocycles. The minimum atomic E-state index is -5.17. The van der Waals surface area contributed by atoms with E-state index in [1.165, 1.54) is 0 Å². The molecule has 0 spiro atoms. The topological polar surface area (TPSA) is 153 Å². The Morgan fingerprint density at radius 2 is 1.88 bits per heavy atom. The number of nitrogens with two attached hydrogens (primary N) is 2. The van der Waals surface area contributed by atoms with Gasteiger partial charge in [0, 0.05) is 22.6 Å². The van der Waals surface area contributed by atoms with Gasteiger partial charge in [-0.15, -0.1) is 0 Å². The molecule has 0 amide bonds. The van der Waals surface area contributed by atoms with E-state index in [1.54, 1.807) is 24.3 Å². The van der Waals surface area contributed by atoms with Gasteiger partial charge in [-0.1, -0.05) is 12.1 Å². The Bertz CT molecular complexity index is 412. The van der Waals surface area contributed by atoms with Gasteiger partial charge in [0.25, 0.3) is 0 Å². The van der Waals surface area contributed by atoms with Gasteiger partial charge < -0.3 is 25.7 Å². The average molecular weight is 248 g/mol. The standard InChI is InChI=1S/C8H12N2O.H2O4S/c9-5-8(11)6-2-1-3-7(10)4-6;1-5(2,3)4/h1-4,8,11H,5,9-10H2;(H2,1,2,3,4)/p-2. The molecular weight excluding hydrogens is 236 g/mol. The molecule has 1 aromatic carbocycles. The van der Waals surface area contributed by atoms with Gasteiger partial charge in [-0.25, -0.2) is 0 Å². The van der Waals surface area contributed by atoms with Gasteiger partial charge >= 0.3 is 0 Å². The predicted molar refractivity (Wildman–Crippen MR) is 55.3 cm³/mol. The van der Waals surface area contributed by atoms with Crippen LogP contribution < -0.4 is 11.5 Å². The fourth-order valence-corrected chi connectivity index (χ4v) is 0.902. The maximum Gasteiger partial charge on any atom is 0.0912 e. The minimum Gasteiger partial charge on any atom is -0.759 e. The Morgan fingerprint density at radius 3 is 2.25 bits per heavy atom. The lowest BCUT2D eigenvalue weighted by Gasteiger charge is -2.07. The Labute approximate surface area is 93.3 Å². The number of rotatable bonds is 2. The van der Waals surface area contributed by atoms with Gasteiger partial charge in [0.2, 0.25) is 0 Å². The van der Waals surface area contributed by atoms with Crippen LogP contribution in [0.4, 0.5) is 5.69 Å². The van der Waals surface area contributed by atoms with Crippen molar-refractivity contribution in [3.63, 3.8) is 0 Å². The fraction of sp³-hybridized carbons (Fsp3) is 0.250. The summed E-state index contributed by atoms with van der Waals surface area (Å²) in [5.74, 6) is 0. The highest BCUT2D eigenvalue weighted by Gasteiger charge is 2.03. The molecule has 1 atom stereocenters. The number of aliphatic hydroxyl groups excluding tert-OH is 1. The van der Waals surface area contributed by atoms with Crippen LogP contribution >= 0.6 is 0 Å². The molecule has 0 aliphatic rings. The molecular formula is C8H12N2O5S-2. The molecule has 1 aromatic rings. The lowest BCUT2D eigenvalue weighted by molar-refractivity contribution is 0.187. The van der Waals surface area contributed by atoms with Crippen molar-refractivity contribution in [3.8, 4) is 0 Å². The van der Waals surface area contributed by atoms with Gasteiger partial charge in [-0.3, -0.25) is 8.42 Å². The first-order chi connectivity index (χ1) is 7.24. The molecule has 0 heterocycles. The summed E-state index contributed by atoms with van der Waals surface area (Å²) in [6.07, 6.45) is -0.599. The molecule has 0 saturated carbocycles. The lowest BCUT2D eigenvalue weighted by atomic mass is 10.1. The molecule has 1 unspecified atom stereocenters. The van der Waals surface area contributed by atoms with Gasteiger partial charge in [-0.2, -0.15) is 0 Å². The van der Waals surface area contributed by atoms with Crippen LogP contribution in [0.15, 0.2) is 24.3 Å². The van der Waals surface area contributed by atoms with Crippen molar-refractivity contribution in [3.05, 3.63) is 29.8 Å². The summed E-state index contributed by atoms with van der Waals surface area (Å²) in [4.78, 5) is 0. The van der Waals surface area contributed by atoms with Crippen LogP contribution in [0.3, 0.4) is 0 Å². The Kier molecular flexibility index (Phi) is 5.93. The third-order valence-corrected chi connectivity index (χ3v) is 1.52. The molecule has 7 nitrogen and oxygen atoms in total. The van der Waals surface area contributed by atoms with Crippen molar-refractivity contribution in [1.82, 2.24) is 0 Å². The zero-order chi connectivity index (χ0) is 12.8. The van der Waals surface area contributed by atoms with E-state index < -0.39 is 16.5 Å². The third kappa shape index (κ3) is 8.15. The highest BCUT2D eigenvalue weighted by molar-refractivity contribution is 7.79. The molecule has 0 radical (unpaired) electrons. The molecule has 8 heteroatoms. The summed E-state index contributed by atoms with van der Waals surface area (Å²) in [6, 6.07) is 7.09. The molecule has 0 fully saturated rings. The summed E-state index contributed by atoms with van der Waals surface area (Å²) in [7, 11) is -5.17. The summed E-state index contributed by atoms with van der Waals surface area (Å²) < 4.78 is 34.1. The highest BCUT2D eigenvalue weighted by atomic mass is 32.3. The Balaban J connectivity index is 0.000000385. The Morgan fingerprint density at radius 1 is 1.38 bits per heavy atom. The predicted octanol–water partition coefficient (Wildman–Crippen LogP) is -1.08. The summed E-state index contributed by atoms with van der Waals surface area (Å²) >= 11 is 0. The summed E-state index contributed by atoms with van der Waals surface area (Å²) in [6.45, 7) is 0.226. The molecule has 92 valence electrons. The van der Waals surface area contributed by atoms with Crippen LogP contribution in [0.1, 0.15) is 11.7 Å². The smallest absolute Gasteiger partial charge is 0.0912 e. The van der Waals surface area contributed by atoms with Gasteiger partial charge in [0.15, 0.2) is 0 Å². The monoisotopic (exact) mass is 248 g/mol. The number of hydrogen-bond acceptors (Lipinski definition) is 7. The van der Waals surface area contributed by atoms with Crippen molar-refractivity contribution < 1.29 is 22.6 Å². The van der Waals surface area contributed by atoms with Gasteiger partial charge in [0.05, 0.1) is 6.10 Å². The van der Waals surface area contributed by atoms with Crippen molar-refractivity contribution in [2.24, 2.45) is 5.73 Å². The molecule has 0 aliphatic carbocycles. The van der Waals surface area contributed by atoms with E-state index in [0.717, 1.165) is 5.56 Å².